The molecule has 2 aromatic carbocycles. The maximum absolute atomic E-state index is 10.0. The van der Waals surface area contributed by atoms with Crippen LogP contribution in [-0.4, -0.2) is 5.11 Å². The van der Waals surface area contributed by atoms with Crippen molar-refractivity contribution in [1.82, 2.24) is 0 Å². The zero-order valence-corrected chi connectivity index (χ0v) is 9.21. The van der Waals surface area contributed by atoms with Crippen molar-refractivity contribution in [3.8, 4) is 5.75 Å². The van der Waals surface area contributed by atoms with E-state index in [1.165, 1.54) is 0 Å². The molecule has 2 heteroatoms. The highest BCUT2D eigenvalue weighted by atomic mass is 16.5. The van der Waals surface area contributed by atoms with Gasteiger partial charge >= 0.3 is 0 Å². The molecule has 0 radical (unpaired) electrons. The van der Waals surface area contributed by atoms with Gasteiger partial charge in [0.25, 0.3) is 0 Å². The Balaban J connectivity index is 2.02. The fourth-order valence-electron chi connectivity index (χ4n) is 1.96. The van der Waals surface area contributed by atoms with E-state index in [-0.39, 0.29) is 0 Å². The molecule has 0 spiro atoms. The van der Waals surface area contributed by atoms with Gasteiger partial charge in [0.1, 0.15) is 17.6 Å². The maximum atomic E-state index is 10.0. The van der Waals surface area contributed by atoms with E-state index >= 15 is 0 Å². The molecule has 0 saturated heterocycles. The number of ether oxygens (including phenoxy) is 1. The molecule has 2 nitrogen and oxygen atoms in total. The fourth-order valence-corrected chi connectivity index (χ4v) is 1.96. The molecule has 1 atom stereocenters. The Morgan fingerprint density at radius 1 is 0.882 bits per heavy atom. The minimum Gasteiger partial charge on any atom is -0.457 e. The Labute approximate surface area is 99.8 Å². The topological polar surface area (TPSA) is 29.5 Å². The first-order chi connectivity index (χ1) is 8.34. The molecule has 0 unspecified atom stereocenters. The number of aliphatic hydroxyl groups excluding tert-OH is 1. The SMILES string of the molecule is O[C@H]1C=C(c2ccccc2)Oc2ccccc21. The third-order valence-corrected chi connectivity index (χ3v) is 2.83. The van der Waals surface area contributed by atoms with E-state index in [0.29, 0.717) is 5.76 Å². The number of benzene rings is 2. The lowest BCUT2D eigenvalue weighted by molar-refractivity contribution is 0.217. The van der Waals surface area contributed by atoms with Crippen LogP contribution in [0.1, 0.15) is 17.2 Å². The zero-order chi connectivity index (χ0) is 11.7. The molecule has 1 N–H and O–H groups in total. The van der Waals surface area contributed by atoms with Crippen molar-refractivity contribution in [2.45, 2.75) is 6.10 Å². The maximum Gasteiger partial charge on any atom is 0.133 e. The van der Waals surface area contributed by atoms with Crippen molar-refractivity contribution < 1.29 is 9.84 Å². The highest BCUT2D eigenvalue weighted by molar-refractivity contribution is 5.66. The van der Waals surface area contributed by atoms with Gasteiger partial charge in [-0.2, -0.15) is 0 Å². The quantitative estimate of drug-likeness (QED) is 0.806. The number of hydrogen-bond acceptors (Lipinski definition) is 2. The van der Waals surface area contributed by atoms with Gasteiger partial charge in [0.2, 0.25) is 0 Å². The first-order valence-electron chi connectivity index (χ1n) is 5.57. The van der Waals surface area contributed by atoms with Gasteiger partial charge in [-0.25, -0.2) is 0 Å². The standard InChI is InChI=1S/C15H12O2/c16-13-10-15(11-6-2-1-3-7-11)17-14-9-5-4-8-12(13)14/h1-10,13,16H/t13-/m0/s1. The summed E-state index contributed by atoms with van der Waals surface area (Å²) < 4.78 is 5.79. The fraction of sp³-hybridized carbons (Fsp3) is 0.0667. The monoisotopic (exact) mass is 224 g/mol. The van der Waals surface area contributed by atoms with Gasteiger partial charge in [-0.05, 0) is 12.1 Å². The van der Waals surface area contributed by atoms with Gasteiger partial charge < -0.3 is 9.84 Å². The van der Waals surface area contributed by atoms with Gasteiger partial charge in [0.05, 0.1) is 0 Å². The Bertz CT molecular complexity index is 558. The molecule has 0 saturated carbocycles. The Morgan fingerprint density at radius 3 is 2.41 bits per heavy atom. The molecular formula is C15H12O2. The number of aliphatic hydroxyl groups is 1. The molecule has 1 aliphatic rings. The van der Waals surface area contributed by atoms with E-state index in [2.05, 4.69) is 0 Å². The lowest BCUT2D eigenvalue weighted by Gasteiger charge is -2.21. The second kappa shape index (κ2) is 4.07. The van der Waals surface area contributed by atoms with Crippen molar-refractivity contribution >= 4 is 5.76 Å². The van der Waals surface area contributed by atoms with E-state index < -0.39 is 6.10 Å². The third-order valence-electron chi connectivity index (χ3n) is 2.83. The van der Waals surface area contributed by atoms with Crippen LogP contribution in [0.2, 0.25) is 0 Å². The molecule has 0 fully saturated rings. The van der Waals surface area contributed by atoms with Crippen LogP contribution in [0.25, 0.3) is 5.76 Å². The van der Waals surface area contributed by atoms with Gasteiger partial charge in [-0.1, -0.05) is 48.5 Å². The first kappa shape index (κ1) is 10.1. The summed E-state index contributed by atoms with van der Waals surface area (Å²) in [5, 5.41) is 10.0. The molecule has 2 aromatic rings. The predicted molar refractivity (Wildman–Crippen MR) is 66.4 cm³/mol. The van der Waals surface area contributed by atoms with Crippen LogP contribution in [0.4, 0.5) is 0 Å². The summed E-state index contributed by atoms with van der Waals surface area (Å²) in [7, 11) is 0. The van der Waals surface area contributed by atoms with Crippen LogP contribution < -0.4 is 4.74 Å². The predicted octanol–water partition coefficient (Wildman–Crippen LogP) is 3.15. The molecule has 0 bridgehead atoms. The molecule has 84 valence electrons. The number of fused-ring (bicyclic) bond motifs is 1. The first-order valence-corrected chi connectivity index (χ1v) is 5.57. The van der Waals surface area contributed by atoms with Crippen molar-refractivity contribution in [1.29, 1.82) is 0 Å². The average molecular weight is 224 g/mol. The third kappa shape index (κ3) is 1.83. The van der Waals surface area contributed by atoms with Crippen LogP contribution >= 0.6 is 0 Å². The lowest BCUT2D eigenvalue weighted by atomic mass is 10.0. The van der Waals surface area contributed by atoms with Crippen LogP contribution in [0.5, 0.6) is 5.75 Å². The molecule has 1 heterocycles. The summed E-state index contributed by atoms with van der Waals surface area (Å²) in [5.74, 6) is 1.43. The van der Waals surface area contributed by atoms with E-state index in [1.807, 2.05) is 54.6 Å². The van der Waals surface area contributed by atoms with Crippen LogP contribution in [0, 0.1) is 0 Å². The van der Waals surface area contributed by atoms with Crippen LogP contribution in [0.3, 0.4) is 0 Å². The number of hydrogen-bond donors (Lipinski definition) is 1. The van der Waals surface area contributed by atoms with E-state index in [4.69, 9.17) is 4.74 Å². The van der Waals surface area contributed by atoms with Gasteiger partial charge in [0.15, 0.2) is 0 Å². The molecular weight excluding hydrogens is 212 g/mol. The minimum atomic E-state index is -0.602. The Hall–Kier alpha value is -2.06. The minimum absolute atomic E-state index is 0.602. The van der Waals surface area contributed by atoms with Gasteiger partial charge in [0, 0.05) is 11.1 Å². The normalized spacial score (nSPS) is 17.9. The van der Waals surface area contributed by atoms with Gasteiger partial charge in [-0.15, -0.1) is 0 Å². The molecule has 0 aromatic heterocycles. The van der Waals surface area contributed by atoms with Crippen LogP contribution in [0.15, 0.2) is 60.7 Å². The molecule has 17 heavy (non-hydrogen) atoms. The number of para-hydroxylation sites is 1. The Kier molecular flexibility index (Phi) is 2.42. The largest absolute Gasteiger partial charge is 0.457 e. The second-order valence-electron chi connectivity index (χ2n) is 3.98. The van der Waals surface area contributed by atoms with E-state index in [9.17, 15) is 5.11 Å². The van der Waals surface area contributed by atoms with Crippen molar-refractivity contribution in [2.75, 3.05) is 0 Å². The molecule has 0 aliphatic carbocycles. The summed E-state index contributed by atoms with van der Waals surface area (Å²) in [6.07, 6.45) is 1.13. The molecule has 3 rings (SSSR count). The Morgan fingerprint density at radius 2 is 1.59 bits per heavy atom. The zero-order valence-electron chi connectivity index (χ0n) is 9.21. The van der Waals surface area contributed by atoms with E-state index in [1.54, 1.807) is 6.08 Å². The summed E-state index contributed by atoms with van der Waals surface area (Å²) in [6.45, 7) is 0. The average Bonchev–Trinajstić information content (AvgIpc) is 2.40. The molecule has 0 amide bonds. The summed E-state index contributed by atoms with van der Waals surface area (Å²) in [4.78, 5) is 0. The van der Waals surface area contributed by atoms with Crippen LogP contribution in [-0.2, 0) is 0 Å². The number of rotatable bonds is 1. The summed E-state index contributed by atoms with van der Waals surface area (Å²) in [6, 6.07) is 17.3. The highest BCUT2D eigenvalue weighted by Gasteiger charge is 2.19. The lowest BCUT2D eigenvalue weighted by Crippen LogP contribution is -2.08. The van der Waals surface area contributed by atoms with Crippen molar-refractivity contribution in [3.05, 3.63) is 71.8 Å². The van der Waals surface area contributed by atoms with E-state index in [0.717, 1.165) is 16.9 Å². The second-order valence-corrected chi connectivity index (χ2v) is 3.98. The smallest absolute Gasteiger partial charge is 0.133 e. The molecule has 1 aliphatic heterocycles. The van der Waals surface area contributed by atoms with Gasteiger partial charge in [-0.3, -0.25) is 0 Å². The summed E-state index contributed by atoms with van der Waals surface area (Å²) in [5.41, 5.74) is 1.79. The van der Waals surface area contributed by atoms with Crippen molar-refractivity contribution in [2.24, 2.45) is 0 Å². The van der Waals surface area contributed by atoms with Crippen molar-refractivity contribution in [3.63, 3.8) is 0 Å². The summed E-state index contributed by atoms with van der Waals surface area (Å²) >= 11 is 0. The highest BCUT2D eigenvalue weighted by Crippen LogP contribution is 2.35.